The Morgan fingerprint density at radius 1 is 1.30 bits per heavy atom. The predicted molar refractivity (Wildman–Crippen MR) is 103 cm³/mol. The number of fused-ring (bicyclic) bond motifs is 1. The number of aromatic nitrogens is 3. The van der Waals surface area contributed by atoms with Crippen molar-refractivity contribution >= 4 is 22.4 Å². The van der Waals surface area contributed by atoms with Crippen molar-refractivity contribution in [2.24, 2.45) is 0 Å². The van der Waals surface area contributed by atoms with Gasteiger partial charge in [-0.05, 0) is 18.7 Å². The Bertz CT molecular complexity index is 1090. The highest BCUT2D eigenvalue weighted by Gasteiger charge is 2.41. The molecule has 0 spiro atoms. The van der Waals surface area contributed by atoms with Crippen molar-refractivity contribution in [3.05, 3.63) is 58.1 Å². The Hall–Kier alpha value is -2.79. The lowest BCUT2D eigenvalue weighted by Gasteiger charge is -2.23. The molecule has 1 aliphatic heterocycles. The standard InChI is InChI=1S/C19H17F4N5OS/c1-2-27-8-7-13-15(10-27)30-18(25-13)26-17(29)11-9-24-28(16(11)19(21,22)23)14-6-4-3-5-12(14)20/h3-6,9H,2,7-8,10H2,1H3,(H,25,26,29). The van der Waals surface area contributed by atoms with Crippen molar-refractivity contribution in [3.63, 3.8) is 0 Å². The third kappa shape index (κ3) is 3.82. The lowest BCUT2D eigenvalue weighted by molar-refractivity contribution is -0.143. The Labute approximate surface area is 173 Å². The molecule has 3 heterocycles. The van der Waals surface area contributed by atoms with Gasteiger partial charge in [0.1, 0.15) is 11.5 Å². The molecule has 0 unspecified atom stereocenters. The van der Waals surface area contributed by atoms with Gasteiger partial charge < -0.3 is 0 Å². The Morgan fingerprint density at radius 2 is 2.07 bits per heavy atom. The van der Waals surface area contributed by atoms with Crippen molar-refractivity contribution < 1.29 is 22.4 Å². The molecule has 1 aromatic carbocycles. The molecular weight excluding hydrogens is 422 g/mol. The van der Waals surface area contributed by atoms with Crippen molar-refractivity contribution in [2.45, 2.75) is 26.1 Å². The zero-order valence-electron chi connectivity index (χ0n) is 15.8. The van der Waals surface area contributed by atoms with E-state index in [0.29, 0.717) is 17.6 Å². The van der Waals surface area contributed by atoms with Crippen molar-refractivity contribution in [1.29, 1.82) is 0 Å². The lowest BCUT2D eigenvalue weighted by Crippen LogP contribution is -2.29. The summed E-state index contributed by atoms with van der Waals surface area (Å²) in [6.07, 6.45) is -3.42. The number of thiazole rings is 1. The fraction of sp³-hybridized carbons (Fsp3) is 0.316. The normalized spacial score (nSPS) is 14.6. The van der Waals surface area contributed by atoms with Gasteiger partial charge >= 0.3 is 6.18 Å². The maximum atomic E-state index is 14.1. The van der Waals surface area contributed by atoms with Gasteiger partial charge in [-0.15, -0.1) is 11.3 Å². The molecule has 0 bridgehead atoms. The molecule has 11 heteroatoms. The summed E-state index contributed by atoms with van der Waals surface area (Å²) in [5.74, 6) is -1.88. The van der Waals surface area contributed by atoms with Gasteiger partial charge in [0.25, 0.3) is 5.91 Å². The summed E-state index contributed by atoms with van der Waals surface area (Å²) < 4.78 is 55.7. The molecule has 0 saturated carbocycles. The molecule has 0 atom stereocenters. The highest BCUT2D eigenvalue weighted by atomic mass is 32.1. The van der Waals surface area contributed by atoms with Crippen LogP contribution >= 0.6 is 11.3 Å². The number of rotatable bonds is 4. The monoisotopic (exact) mass is 439 g/mol. The molecule has 1 aliphatic rings. The van der Waals surface area contributed by atoms with Crippen molar-refractivity contribution in [2.75, 3.05) is 18.4 Å². The summed E-state index contributed by atoms with van der Waals surface area (Å²) in [7, 11) is 0. The molecule has 0 radical (unpaired) electrons. The first kappa shape index (κ1) is 20.5. The number of hydrogen-bond acceptors (Lipinski definition) is 5. The second-order valence-corrected chi connectivity index (χ2v) is 7.81. The molecule has 0 fully saturated rings. The third-order valence-electron chi connectivity index (χ3n) is 4.84. The summed E-state index contributed by atoms with van der Waals surface area (Å²) in [4.78, 5) is 20.2. The topological polar surface area (TPSA) is 63.1 Å². The number of benzene rings is 1. The number of para-hydroxylation sites is 1. The number of hydrogen-bond donors (Lipinski definition) is 1. The zero-order chi connectivity index (χ0) is 21.5. The molecule has 4 rings (SSSR count). The van der Waals surface area contributed by atoms with Crippen LogP contribution in [0.1, 0.15) is 33.5 Å². The molecule has 6 nitrogen and oxygen atoms in total. The minimum atomic E-state index is -4.92. The fourth-order valence-electron chi connectivity index (χ4n) is 3.33. The van der Waals surface area contributed by atoms with E-state index >= 15 is 0 Å². The van der Waals surface area contributed by atoms with Crippen LogP contribution in [0.4, 0.5) is 22.7 Å². The van der Waals surface area contributed by atoms with Gasteiger partial charge in [-0.1, -0.05) is 19.1 Å². The average molecular weight is 439 g/mol. The quantitative estimate of drug-likeness (QED) is 0.622. The number of amides is 1. The summed E-state index contributed by atoms with van der Waals surface area (Å²) in [5, 5.41) is 6.31. The highest BCUT2D eigenvalue weighted by Crippen LogP contribution is 2.35. The SMILES string of the molecule is CCN1CCc2nc(NC(=O)c3cnn(-c4ccccc4F)c3C(F)(F)F)sc2C1. The summed E-state index contributed by atoms with van der Waals surface area (Å²) >= 11 is 1.24. The molecule has 158 valence electrons. The number of likely N-dealkylation sites (N-methyl/N-ethyl adjacent to an activating group) is 1. The number of carbonyl (C=O) groups excluding carboxylic acids is 1. The molecule has 1 N–H and O–H groups in total. The van der Waals surface area contributed by atoms with Crippen LogP contribution < -0.4 is 5.32 Å². The van der Waals surface area contributed by atoms with E-state index in [4.69, 9.17) is 0 Å². The number of halogens is 4. The van der Waals surface area contributed by atoms with Crippen molar-refractivity contribution in [3.8, 4) is 5.69 Å². The lowest BCUT2D eigenvalue weighted by atomic mass is 10.2. The van der Waals surface area contributed by atoms with Crippen LogP contribution in [0.15, 0.2) is 30.5 Å². The van der Waals surface area contributed by atoms with Crippen LogP contribution in [0.5, 0.6) is 0 Å². The zero-order valence-corrected chi connectivity index (χ0v) is 16.6. The summed E-state index contributed by atoms with van der Waals surface area (Å²) in [6.45, 7) is 4.45. The highest BCUT2D eigenvalue weighted by molar-refractivity contribution is 7.15. The molecule has 30 heavy (non-hydrogen) atoms. The average Bonchev–Trinajstić information content (AvgIpc) is 3.31. The first-order valence-corrected chi connectivity index (χ1v) is 10.0. The third-order valence-corrected chi connectivity index (χ3v) is 5.84. The van der Waals surface area contributed by atoms with E-state index in [-0.39, 0.29) is 5.13 Å². The second kappa shape index (κ2) is 7.80. The molecule has 0 aliphatic carbocycles. The van der Waals surface area contributed by atoms with E-state index in [1.807, 2.05) is 6.92 Å². The van der Waals surface area contributed by atoms with E-state index in [0.717, 1.165) is 42.0 Å². The van der Waals surface area contributed by atoms with E-state index in [1.165, 1.54) is 23.5 Å². The molecule has 3 aromatic rings. The van der Waals surface area contributed by atoms with E-state index in [1.54, 1.807) is 0 Å². The van der Waals surface area contributed by atoms with E-state index in [2.05, 4.69) is 20.3 Å². The molecule has 0 saturated heterocycles. The minimum Gasteiger partial charge on any atom is -0.298 e. The second-order valence-electron chi connectivity index (χ2n) is 6.73. The van der Waals surface area contributed by atoms with E-state index < -0.39 is 34.8 Å². The Balaban J connectivity index is 1.66. The van der Waals surface area contributed by atoms with Crippen LogP contribution in [-0.4, -0.2) is 38.7 Å². The largest absolute Gasteiger partial charge is 0.434 e. The first-order chi connectivity index (χ1) is 14.3. The van der Waals surface area contributed by atoms with Gasteiger partial charge in [-0.25, -0.2) is 14.1 Å². The maximum Gasteiger partial charge on any atom is 0.434 e. The Kier molecular flexibility index (Phi) is 5.33. The van der Waals surface area contributed by atoms with Gasteiger partial charge in [-0.2, -0.15) is 18.3 Å². The predicted octanol–water partition coefficient (Wildman–Crippen LogP) is 4.12. The van der Waals surface area contributed by atoms with Gasteiger partial charge in [0.05, 0.1) is 17.5 Å². The number of nitrogens with zero attached hydrogens (tertiary/aromatic N) is 4. The summed E-state index contributed by atoms with van der Waals surface area (Å²) in [5.41, 5.74) is -1.59. The Morgan fingerprint density at radius 3 is 2.77 bits per heavy atom. The minimum absolute atomic E-state index is 0.231. The van der Waals surface area contributed by atoms with Crippen LogP contribution in [-0.2, 0) is 19.1 Å². The smallest absolute Gasteiger partial charge is 0.298 e. The van der Waals surface area contributed by atoms with Gasteiger partial charge in [0.2, 0.25) is 0 Å². The maximum absolute atomic E-state index is 14.1. The van der Waals surface area contributed by atoms with Crippen LogP contribution in [0, 0.1) is 5.82 Å². The van der Waals surface area contributed by atoms with Crippen molar-refractivity contribution in [1.82, 2.24) is 19.7 Å². The number of nitrogens with one attached hydrogen (secondary N) is 1. The van der Waals surface area contributed by atoms with E-state index in [9.17, 15) is 22.4 Å². The van der Waals surface area contributed by atoms with Gasteiger partial charge in [-0.3, -0.25) is 15.0 Å². The van der Waals surface area contributed by atoms with Gasteiger partial charge in [0, 0.05) is 24.4 Å². The van der Waals surface area contributed by atoms with Crippen LogP contribution in [0.25, 0.3) is 5.69 Å². The summed E-state index contributed by atoms with van der Waals surface area (Å²) in [6, 6.07) is 4.93. The molecule has 2 aromatic heterocycles. The van der Waals surface area contributed by atoms with Crippen LogP contribution in [0.3, 0.4) is 0 Å². The number of anilines is 1. The fourth-order valence-corrected chi connectivity index (χ4v) is 4.38. The first-order valence-electron chi connectivity index (χ1n) is 9.20. The van der Waals surface area contributed by atoms with Gasteiger partial charge in [0.15, 0.2) is 10.8 Å². The number of alkyl halides is 3. The number of carbonyl (C=O) groups is 1. The van der Waals surface area contributed by atoms with Crippen LogP contribution in [0.2, 0.25) is 0 Å². The molecular formula is C19H17F4N5OS. The molecule has 1 amide bonds.